The lowest BCUT2D eigenvalue weighted by Gasteiger charge is -2.25. The fourth-order valence-corrected chi connectivity index (χ4v) is 3.68. The van der Waals surface area contributed by atoms with Crippen molar-refractivity contribution in [1.29, 1.82) is 0 Å². The lowest BCUT2D eigenvalue weighted by atomic mass is 9.89. The molecular weight excluding hydrogens is 427 g/mol. The van der Waals surface area contributed by atoms with Gasteiger partial charge in [0.25, 0.3) is 12.4 Å². The summed E-state index contributed by atoms with van der Waals surface area (Å²) in [7, 11) is 0. The summed E-state index contributed by atoms with van der Waals surface area (Å²) in [5.41, 5.74) is 8.42. The molecule has 0 atom stereocenters. The van der Waals surface area contributed by atoms with Gasteiger partial charge >= 0.3 is 0 Å². The van der Waals surface area contributed by atoms with Crippen LogP contribution in [0, 0.1) is 18.7 Å². The van der Waals surface area contributed by atoms with Crippen LogP contribution in [-0.2, 0) is 11.3 Å². The third-order valence-corrected chi connectivity index (χ3v) is 5.25. The molecule has 1 aliphatic carbocycles. The highest BCUT2D eigenvalue weighted by atomic mass is 19.1. The predicted octanol–water partition coefficient (Wildman–Crippen LogP) is 2.54. The van der Waals surface area contributed by atoms with Crippen LogP contribution < -0.4 is 16.9 Å². The van der Waals surface area contributed by atoms with E-state index in [2.05, 4.69) is 15.4 Å². The summed E-state index contributed by atoms with van der Waals surface area (Å²) in [6, 6.07) is 9.32. The molecule has 1 heterocycles. The van der Waals surface area contributed by atoms with Crippen molar-refractivity contribution in [3.05, 3.63) is 64.7 Å². The van der Waals surface area contributed by atoms with Crippen LogP contribution in [0.2, 0.25) is 0 Å². The average Bonchev–Trinajstić information content (AvgIpc) is 2.79. The van der Waals surface area contributed by atoms with Gasteiger partial charge in [-0.05, 0) is 55.5 Å². The molecule has 33 heavy (non-hydrogen) atoms. The Morgan fingerprint density at radius 3 is 2.55 bits per heavy atom. The first-order valence-electron chi connectivity index (χ1n) is 10.8. The second-order valence-electron chi connectivity index (χ2n) is 7.91. The third-order valence-electron chi connectivity index (χ3n) is 5.25. The number of amidine groups is 1. The molecule has 1 aliphatic rings. The molecule has 0 spiro atoms. The van der Waals surface area contributed by atoms with Crippen molar-refractivity contribution in [2.45, 2.75) is 45.6 Å². The van der Waals surface area contributed by atoms with Crippen molar-refractivity contribution in [3.63, 3.8) is 0 Å². The largest absolute Gasteiger partial charge is 0.483 e. The number of nitrogens with two attached hydrogens (primary N) is 2. The molecule has 1 aromatic heterocycles. The van der Waals surface area contributed by atoms with Gasteiger partial charge in [-0.15, -0.1) is 5.10 Å². The minimum absolute atomic E-state index is 0.237. The maximum atomic E-state index is 13.0. The molecule has 178 valence electrons. The van der Waals surface area contributed by atoms with E-state index in [0.29, 0.717) is 23.7 Å². The zero-order valence-electron chi connectivity index (χ0n) is 18.7. The summed E-state index contributed by atoms with van der Waals surface area (Å²) in [4.78, 5) is 25.2. The van der Waals surface area contributed by atoms with Gasteiger partial charge in [-0.25, -0.2) is 20.3 Å². The Morgan fingerprint density at radius 1 is 1.27 bits per heavy atom. The Labute approximate surface area is 192 Å². The number of hydrazone groups is 1. The van der Waals surface area contributed by atoms with Crippen LogP contribution >= 0.6 is 0 Å². The zero-order valence-corrected chi connectivity index (χ0v) is 18.7. The van der Waals surface area contributed by atoms with Crippen molar-refractivity contribution in [2.75, 3.05) is 6.54 Å². The maximum absolute atomic E-state index is 13.0. The van der Waals surface area contributed by atoms with Crippen molar-refractivity contribution in [1.82, 2.24) is 15.4 Å². The summed E-state index contributed by atoms with van der Waals surface area (Å²) >= 11 is 0. The average molecular weight is 459 g/mol. The molecule has 0 unspecified atom stereocenters. The van der Waals surface area contributed by atoms with Crippen molar-refractivity contribution in [2.24, 2.45) is 22.6 Å². The highest BCUT2D eigenvalue weighted by Crippen LogP contribution is 2.23. The number of rotatable bonds is 7. The van der Waals surface area contributed by atoms with Crippen LogP contribution in [0.3, 0.4) is 0 Å². The van der Waals surface area contributed by atoms with Gasteiger partial charge in [0.15, 0.2) is 5.84 Å². The topological polar surface area (TPSA) is 147 Å². The van der Waals surface area contributed by atoms with E-state index in [-0.39, 0.29) is 36.3 Å². The number of halogens is 1. The number of pyridine rings is 1. The van der Waals surface area contributed by atoms with Crippen LogP contribution in [0.1, 0.15) is 59.4 Å². The van der Waals surface area contributed by atoms with Gasteiger partial charge in [-0.1, -0.05) is 31.4 Å². The molecule has 0 saturated heterocycles. The lowest BCUT2D eigenvalue weighted by Crippen LogP contribution is -2.34. The van der Waals surface area contributed by atoms with Crippen LogP contribution in [0.25, 0.3) is 0 Å². The van der Waals surface area contributed by atoms with Gasteiger partial charge in [0.05, 0.1) is 6.54 Å². The number of carbonyl (C=O) groups is 2. The second kappa shape index (κ2) is 13.1. The number of aryl methyl sites for hydroxylation is 1. The number of hydrogen-bond acceptors (Lipinski definition) is 6. The van der Waals surface area contributed by atoms with Crippen LogP contribution in [0.5, 0.6) is 0 Å². The number of nitrogens with one attached hydrogen (secondary N) is 1. The smallest absolute Gasteiger partial charge is 0.290 e. The van der Waals surface area contributed by atoms with Crippen molar-refractivity contribution < 1.29 is 19.1 Å². The molecule has 0 radical (unpaired) electrons. The number of hydrogen-bond donors (Lipinski definition) is 4. The van der Waals surface area contributed by atoms with Gasteiger partial charge < -0.3 is 16.2 Å². The number of benzene rings is 1. The fourth-order valence-electron chi connectivity index (χ4n) is 3.68. The molecule has 2 aromatic rings. The SMILES string of the molecule is Cc1cc(/C(N)=N/N(N)CC2CCCCC2)cc(C(=O)NCc2ccc(F)cc2)n1.O=CO. The van der Waals surface area contributed by atoms with Gasteiger partial charge in [0.1, 0.15) is 11.5 Å². The van der Waals surface area contributed by atoms with Crippen molar-refractivity contribution >= 4 is 18.2 Å². The van der Waals surface area contributed by atoms with Gasteiger partial charge in [0.2, 0.25) is 0 Å². The Morgan fingerprint density at radius 2 is 1.91 bits per heavy atom. The maximum Gasteiger partial charge on any atom is 0.290 e. The van der Waals surface area contributed by atoms with E-state index >= 15 is 0 Å². The standard InChI is InChI=1S/C22H29FN6O.CH2O2/c1-15-11-18(21(24)28-29(25)14-17-5-3-2-4-6-17)12-20(27-15)22(30)26-13-16-7-9-19(23)10-8-16;2-1-3/h7-12,17H,2-6,13-14,25H2,1H3,(H2,24,28)(H,26,30);1H,(H,2,3). The summed E-state index contributed by atoms with van der Waals surface area (Å²) < 4.78 is 13.0. The highest BCUT2D eigenvalue weighted by molar-refractivity contribution is 6.00. The third kappa shape index (κ3) is 8.85. The number of hydrazine groups is 1. The lowest BCUT2D eigenvalue weighted by molar-refractivity contribution is -0.122. The Bertz CT molecular complexity index is 946. The molecule has 1 fully saturated rings. The molecule has 9 nitrogen and oxygen atoms in total. The Hall–Kier alpha value is -3.53. The monoisotopic (exact) mass is 458 g/mol. The normalized spacial score (nSPS) is 14.1. The Balaban J connectivity index is 0.00000122. The second-order valence-corrected chi connectivity index (χ2v) is 7.91. The molecule has 6 N–H and O–H groups in total. The zero-order chi connectivity index (χ0) is 24.2. The highest BCUT2D eigenvalue weighted by Gasteiger charge is 2.16. The van der Waals surface area contributed by atoms with Crippen LogP contribution in [0.15, 0.2) is 41.5 Å². The fraction of sp³-hybridized carbons (Fsp3) is 0.391. The van der Waals surface area contributed by atoms with Gasteiger partial charge in [-0.3, -0.25) is 9.59 Å². The first-order chi connectivity index (χ1) is 15.8. The molecule has 3 rings (SSSR count). The van der Waals surface area contributed by atoms with Crippen molar-refractivity contribution in [3.8, 4) is 0 Å². The van der Waals surface area contributed by atoms with E-state index < -0.39 is 0 Å². The summed E-state index contributed by atoms with van der Waals surface area (Å²) in [6.45, 7) is 2.47. The van der Waals surface area contributed by atoms with E-state index in [9.17, 15) is 9.18 Å². The number of carbonyl (C=O) groups excluding carboxylic acids is 1. The summed E-state index contributed by atoms with van der Waals surface area (Å²) in [6.07, 6.45) is 6.08. The quantitative estimate of drug-likeness (QED) is 0.164. The van der Waals surface area contributed by atoms with E-state index in [1.165, 1.54) is 36.5 Å². The molecule has 0 bridgehead atoms. The Kier molecular flexibility index (Phi) is 10.2. The molecule has 0 aliphatic heterocycles. The first-order valence-corrected chi connectivity index (χ1v) is 10.8. The van der Waals surface area contributed by atoms with Gasteiger partial charge in [-0.2, -0.15) is 0 Å². The van der Waals surface area contributed by atoms with E-state index in [4.69, 9.17) is 21.5 Å². The number of carboxylic acid groups (broad SMARTS) is 1. The molecule has 1 amide bonds. The molecule has 1 aromatic carbocycles. The van der Waals surface area contributed by atoms with E-state index in [0.717, 1.165) is 18.4 Å². The first kappa shape index (κ1) is 25.7. The van der Waals surface area contributed by atoms with Crippen LogP contribution in [-0.4, -0.2) is 40.0 Å². The number of aromatic nitrogens is 1. The molecular formula is C23H31FN6O3. The van der Waals surface area contributed by atoms with Crippen LogP contribution in [0.4, 0.5) is 4.39 Å². The summed E-state index contributed by atoms with van der Waals surface area (Å²) in [5, 5.41) is 15.4. The minimum atomic E-state index is -0.344. The number of nitrogens with zero attached hydrogens (tertiary/aromatic N) is 3. The minimum Gasteiger partial charge on any atom is -0.483 e. The summed E-state index contributed by atoms with van der Waals surface area (Å²) in [5.74, 6) is 6.16. The molecule has 10 heteroatoms. The molecule has 1 saturated carbocycles. The number of amides is 1. The van der Waals surface area contributed by atoms with E-state index in [1.807, 2.05) is 0 Å². The predicted molar refractivity (Wildman–Crippen MR) is 123 cm³/mol. The van der Waals surface area contributed by atoms with Gasteiger partial charge in [0, 0.05) is 17.8 Å². The van der Waals surface area contributed by atoms with E-state index in [1.54, 1.807) is 31.2 Å².